The Morgan fingerprint density at radius 3 is 2.57 bits per heavy atom. The van der Waals surface area contributed by atoms with Crippen LogP contribution >= 0.6 is 11.3 Å². The summed E-state index contributed by atoms with van der Waals surface area (Å²) in [6.07, 6.45) is 2.63. The molecular formula is C19H22N4O3S2. The van der Waals surface area contributed by atoms with Crippen LogP contribution in [-0.4, -0.2) is 49.0 Å². The number of hydrogen-bond acceptors (Lipinski definition) is 7. The molecule has 0 unspecified atom stereocenters. The van der Waals surface area contributed by atoms with E-state index in [1.807, 2.05) is 24.4 Å². The normalized spacial score (nSPS) is 16.3. The maximum absolute atomic E-state index is 13.1. The van der Waals surface area contributed by atoms with Crippen molar-refractivity contribution in [2.24, 2.45) is 0 Å². The first-order chi connectivity index (χ1) is 13.5. The second-order valence-corrected chi connectivity index (χ2v) is 9.65. The Morgan fingerprint density at radius 2 is 1.86 bits per heavy atom. The summed E-state index contributed by atoms with van der Waals surface area (Å²) in [5, 5.41) is 4.72. The first-order valence-electron chi connectivity index (χ1n) is 9.16. The van der Waals surface area contributed by atoms with Gasteiger partial charge < -0.3 is 9.42 Å². The summed E-state index contributed by atoms with van der Waals surface area (Å²) in [5.74, 6) is 0.339. The molecule has 0 saturated carbocycles. The number of sulfonamides is 1. The average molecular weight is 419 g/mol. The second-order valence-electron chi connectivity index (χ2n) is 6.77. The molecule has 0 bridgehead atoms. The van der Waals surface area contributed by atoms with Crippen LogP contribution in [0.5, 0.6) is 0 Å². The lowest BCUT2D eigenvalue weighted by Gasteiger charge is -2.21. The van der Waals surface area contributed by atoms with Gasteiger partial charge in [-0.15, -0.1) is 0 Å². The van der Waals surface area contributed by atoms with Gasteiger partial charge in [0.05, 0.1) is 4.88 Å². The highest BCUT2D eigenvalue weighted by atomic mass is 32.2. The first-order valence-corrected chi connectivity index (χ1v) is 11.4. The fourth-order valence-corrected chi connectivity index (χ4v) is 6.18. The highest BCUT2D eigenvalue weighted by molar-refractivity contribution is 7.89. The van der Waals surface area contributed by atoms with E-state index in [1.165, 1.54) is 4.31 Å². The Kier molecular flexibility index (Phi) is 5.22. The first kappa shape index (κ1) is 19.1. The van der Waals surface area contributed by atoms with Crippen LogP contribution in [-0.2, 0) is 10.0 Å². The van der Waals surface area contributed by atoms with Crippen molar-refractivity contribution in [3.63, 3.8) is 0 Å². The van der Waals surface area contributed by atoms with Crippen molar-refractivity contribution in [2.45, 2.75) is 25.2 Å². The van der Waals surface area contributed by atoms with Crippen molar-refractivity contribution in [1.82, 2.24) is 14.4 Å². The van der Waals surface area contributed by atoms with Crippen LogP contribution in [0, 0.1) is 13.8 Å². The monoisotopic (exact) mass is 418 g/mol. The van der Waals surface area contributed by atoms with Gasteiger partial charge >= 0.3 is 0 Å². The predicted molar refractivity (Wildman–Crippen MR) is 109 cm³/mol. The molecule has 2 aromatic heterocycles. The summed E-state index contributed by atoms with van der Waals surface area (Å²) in [4.78, 5) is 8.05. The molecule has 148 valence electrons. The second kappa shape index (κ2) is 7.65. The summed E-state index contributed by atoms with van der Waals surface area (Å²) in [6.45, 7) is 5.55. The van der Waals surface area contributed by atoms with E-state index in [0.29, 0.717) is 31.1 Å². The molecule has 1 aliphatic heterocycles. The van der Waals surface area contributed by atoms with Crippen molar-refractivity contribution in [3.8, 4) is 10.4 Å². The van der Waals surface area contributed by atoms with E-state index in [4.69, 9.17) is 4.52 Å². The van der Waals surface area contributed by atoms with E-state index < -0.39 is 10.0 Å². The van der Waals surface area contributed by atoms with Crippen LogP contribution in [0.2, 0.25) is 0 Å². The molecule has 0 radical (unpaired) electrons. The highest BCUT2D eigenvalue weighted by Crippen LogP contribution is 2.32. The summed E-state index contributed by atoms with van der Waals surface area (Å²) in [6, 6.07) is 10.2. The third kappa shape index (κ3) is 3.57. The quantitative estimate of drug-likeness (QED) is 0.647. The van der Waals surface area contributed by atoms with Gasteiger partial charge in [-0.3, -0.25) is 0 Å². The number of rotatable bonds is 4. The van der Waals surface area contributed by atoms with Crippen molar-refractivity contribution in [1.29, 1.82) is 0 Å². The van der Waals surface area contributed by atoms with Crippen molar-refractivity contribution in [2.75, 3.05) is 31.1 Å². The standard InChI is InChI=1S/C19H22N4O3S2/c1-14-18(15(2)26-21-14)28(24,25)23-10-6-9-22(11-12-23)19-20-13-17(27-19)16-7-4-3-5-8-16/h3-5,7-8,13H,6,9-12H2,1-2H3. The van der Waals surface area contributed by atoms with Crippen LogP contribution in [0.15, 0.2) is 45.9 Å². The van der Waals surface area contributed by atoms with Gasteiger partial charge in [0, 0.05) is 32.4 Å². The summed E-state index contributed by atoms with van der Waals surface area (Å²) >= 11 is 1.63. The number of aromatic nitrogens is 2. The molecule has 28 heavy (non-hydrogen) atoms. The molecule has 9 heteroatoms. The van der Waals surface area contributed by atoms with E-state index in [-0.39, 0.29) is 4.90 Å². The Morgan fingerprint density at radius 1 is 1.07 bits per heavy atom. The zero-order chi connectivity index (χ0) is 19.7. The number of benzene rings is 1. The number of nitrogens with zero attached hydrogens (tertiary/aromatic N) is 4. The van der Waals surface area contributed by atoms with Gasteiger partial charge in [-0.05, 0) is 25.8 Å². The minimum Gasteiger partial charge on any atom is -0.360 e. The fourth-order valence-electron chi connectivity index (χ4n) is 3.44. The van der Waals surface area contributed by atoms with Gasteiger partial charge in [-0.25, -0.2) is 13.4 Å². The number of aryl methyl sites for hydroxylation is 2. The lowest BCUT2D eigenvalue weighted by atomic mass is 10.2. The summed E-state index contributed by atoms with van der Waals surface area (Å²) < 4.78 is 32.7. The van der Waals surface area contributed by atoms with Crippen LogP contribution in [0.25, 0.3) is 10.4 Å². The molecule has 0 spiro atoms. The largest absolute Gasteiger partial charge is 0.360 e. The van der Waals surface area contributed by atoms with Gasteiger partial charge in [0.15, 0.2) is 10.9 Å². The third-order valence-corrected chi connectivity index (χ3v) is 8.09. The summed E-state index contributed by atoms with van der Waals surface area (Å²) in [7, 11) is -3.61. The fraction of sp³-hybridized carbons (Fsp3) is 0.368. The van der Waals surface area contributed by atoms with E-state index in [2.05, 4.69) is 27.2 Å². The van der Waals surface area contributed by atoms with Crippen molar-refractivity contribution < 1.29 is 12.9 Å². The minimum absolute atomic E-state index is 0.196. The lowest BCUT2D eigenvalue weighted by molar-refractivity contribution is 0.389. The smallest absolute Gasteiger partial charge is 0.248 e. The minimum atomic E-state index is -3.61. The third-order valence-electron chi connectivity index (χ3n) is 4.84. The van der Waals surface area contributed by atoms with E-state index in [9.17, 15) is 8.42 Å². The molecule has 1 aromatic carbocycles. The topological polar surface area (TPSA) is 79.5 Å². The maximum atomic E-state index is 13.1. The van der Waals surface area contributed by atoms with Gasteiger partial charge in [0.1, 0.15) is 10.6 Å². The van der Waals surface area contributed by atoms with E-state index in [0.717, 1.165) is 28.5 Å². The molecule has 7 nitrogen and oxygen atoms in total. The van der Waals surface area contributed by atoms with Gasteiger partial charge in [-0.1, -0.05) is 46.8 Å². The van der Waals surface area contributed by atoms with E-state index >= 15 is 0 Å². The molecule has 0 N–H and O–H groups in total. The zero-order valence-corrected chi connectivity index (χ0v) is 17.5. The van der Waals surface area contributed by atoms with Crippen LogP contribution in [0.4, 0.5) is 5.13 Å². The predicted octanol–water partition coefficient (Wildman–Crippen LogP) is 3.32. The molecule has 3 aromatic rings. The Balaban J connectivity index is 1.51. The molecule has 0 aliphatic carbocycles. The molecule has 1 aliphatic rings. The Bertz CT molecular complexity index is 1040. The molecule has 3 heterocycles. The SMILES string of the molecule is Cc1noc(C)c1S(=O)(=O)N1CCCN(c2ncc(-c3ccccc3)s2)CC1. The molecule has 4 rings (SSSR count). The van der Waals surface area contributed by atoms with Crippen LogP contribution < -0.4 is 4.90 Å². The van der Waals surface area contributed by atoms with Crippen molar-refractivity contribution in [3.05, 3.63) is 48.0 Å². The number of thiazole rings is 1. The van der Waals surface area contributed by atoms with Crippen molar-refractivity contribution >= 4 is 26.5 Å². The molecule has 1 saturated heterocycles. The zero-order valence-electron chi connectivity index (χ0n) is 15.8. The van der Waals surface area contributed by atoms with Crippen LogP contribution in [0.3, 0.4) is 0 Å². The van der Waals surface area contributed by atoms with Crippen LogP contribution in [0.1, 0.15) is 17.9 Å². The maximum Gasteiger partial charge on any atom is 0.248 e. The van der Waals surface area contributed by atoms with Gasteiger partial charge in [0.25, 0.3) is 0 Å². The van der Waals surface area contributed by atoms with Gasteiger partial charge in [-0.2, -0.15) is 4.31 Å². The molecule has 0 amide bonds. The Labute approximate surface area is 168 Å². The van der Waals surface area contributed by atoms with E-state index in [1.54, 1.807) is 25.2 Å². The molecular weight excluding hydrogens is 396 g/mol. The highest BCUT2D eigenvalue weighted by Gasteiger charge is 2.32. The Hall–Kier alpha value is -2.23. The molecule has 1 fully saturated rings. The summed E-state index contributed by atoms with van der Waals surface area (Å²) in [5.41, 5.74) is 1.55. The molecule has 0 atom stereocenters. The number of anilines is 1. The lowest BCUT2D eigenvalue weighted by Crippen LogP contribution is -2.35. The van der Waals surface area contributed by atoms with Gasteiger partial charge in [0.2, 0.25) is 10.0 Å². The average Bonchev–Trinajstić information content (AvgIpc) is 3.21. The number of hydrogen-bond donors (Lipinski definition) is 0.